The zero-order chi connectivity index (χ0) is 16.4. The number of rotatable bonds is 4. The number of halogens is 1. The van der Waals surface area contributed by atoms with Crippen LogP contribution in [0.3, 0.4) is 0 Å². The summed E-state index contributed by atoms with van der Waals surface area (Å²) < 4.78 is 28.7. The van der Waals surface area contributed by atoms with Crippen LogP contribution in [0, 0.1) is 15.9 Å². The first-order chi connectivity index (χ1) is 9.54. The third kappa shape index (κ3) is 4.32. The largest absolute Gasteiger partial charge is 0.377 e. The highest BCUT2D eigenvalue weighted by molar-refractivity contribution is 7.85. The van der Waals surface area contributed by atoms with Gasteiger partial charge in [-0.05, 0) is 26.8 Å². The molecule has 0 bridgehead atoms. The van der Waals surface area contributed by atoms with Crippen LogP contribution >= 0.6 is 0 Å². The van der Waals surface area contributed by atoms with Gasteiger partial charge in [-0.15, -0.1) is 0 Å². The van der Waals surface area contributed by atoms with Gasteiger partial charge in [0.15, 0.2) is 0 Å². The third-order valence-corrected chi connectivity index (χ3v) is 3.93. The van der Waals surface area contributed by atoms with Crippen molar-refractivity contribution in [1.82, 2.24) is 0 Å². The van der Waals surface area contributed by atoms with E-state index in [0.29, 0.717) is 5.69 Å². The smallest absolute Gasteiger partial charge is 0.283 e. The molecule has 0 heterocycles. The fourth-order valence-electron chi connectivity index (χ4n) is 1.50. The lowest BCUT2D eigenvalue weighted by molar-refractivity contribution is -0.385. The van der Waals surface area contributed by atoms with Crippen molar-refractivity contribution in [3.63, 3.8) is 0 Å². The van der Waals surface area contributed by atoms with Crippen molar-refractivity contribution in [2.45, 2.75) is 25.5 Å². The monoisotopic (exact) mass is 315 g/mol. The Kier molecular flexibility index (Phi) is 5.16. The molecule has 0 aliphatic carbocycles. The van der Waals surface area contributed by atoms with E-state index in [2.05, 4.69) is 4.40 Å². The van der Waals surface area contributed by atoms with Gasteiger partial charge in [-0.25, -0.2) is 8.60 Å². The third-order valence-electron chi connectivity index (χ3n) is 2.58. The normalized spacial score (nSPS) is 13.4. The molecule has 1 rings (SSSR count). The topological polar surface area (TPSA) is 75.8 Å². The lowest BCUT2D eigenvalue weighted by Crippen LogP contribution is -2.20. The number of benzene rings is 1. The molecule has 8 heteroatoms. The standard InChI is InChI=1S/C13H18FN3O3S/c1-13(2,3)21(20)15-8-10-11(16(4)5)6-9(14)7-12(10)17(18)19/h6-8H,1-5H3. The van der Waals surface area contributed by atoms with Crippen molar-refractivity contribution >= 4 is 28.6 Å². The van der Waals surface area contributed by atoms with E-state index < -0.39 is 32.2 Å². The highest BCUT2D eigenvalue weighted by Crippen LogP contribution is 2.28. The van der Waals surface area contributed by atoms with Gasteiger partial charge in [0.1, 0.15) is 16.8 Å². The van der Waals surface area contributed by atoms with Gasteiger partial charge in [-0.1, -0.05) is 0 Å². The second kappa shape index (κ2) is 6.30. The molecular weight excluding hydrogens is 297 g/mol. The van der Waals surface area contributed by atoms with E-state index in [1.165, 1.54) is 17.2 Å². The van der Waals surface area contributed by atoms with Crippen LogP contribution in [0.25, 0.3) is 0 Å². The molecule has 1 atom stereocenters. The first-order valence-corrected chi connectivity index (χ1v) is 7.26. The van der Waals surface area contributed by atoms with E-state index in [9.17, 15) is 18.7 Å². The van der Waals surface area contributed by atoms with Crippen molar-refractivity contribution in [3.8, 4) is 0 Å². The summed E-state index contributed by atoms with van der Waals surface area (Å²) in [5, 5.41) is 11.1. The number of anilines is 1. The Morgan fingerprint density at radius 3 is 2.38 bits per heavy atom. The summed E-state index contributed by atoms with van der Waals surface area (Å²) in [5.74, 6) is -0.709. The van der Waals surface area contributed by atoms with Crippen molar-refractivity contribution in [1.29, 1.82) is 0 Å². The molecule has 0 amide bonds. The van der Waals surface area contributed by atoms with Crippen LogP contribution < -0.4 is 4.90 Å². The second-order valence-electron chi connectivity index (χ2n) is 5.61. The first kappa shape index (κ1) is 17.2. The van der Waals surface area contributed by atoms with E-state index in [1.54, 1.807) is 34.9 Å². The van der Waals surface area contributed by atoms with Gasteiger partial charge < -0.3 is 4.90 Å². The number of hydrogen-bond donors (Lipinski definition) is 0. The van der Waals surface area contributed by atoms with Crippen LogP contribution in [0.15, 0.2) is 16.5 Å². The fourth-order valence-corrected chi connectivity index (χ4v) is 2.02. The maximum Gasteiger partial charge on any atom is 0.283 e. The minimum Gasteiger partial charge on any atom is -0.377 e. The molecule has 0 N–H and O–H groups in total. The predicted octanol–water partition coefficient (Wildman–Crippen LogP) is 2.68. The molecule has 0 aliphatic rings. The SMILES string of the molecule is CN(C)c1cc(F)cc([N+](=O)[O-])c1C=NS(=O)C(C)(C)C. The fraction of sp³-hybridized carbons (Fsp3) is 0.462. The van der Waals surface area contributed by atoms with E-state index >= 15 is 0 Å². The molecular formula is C13H18FN3O3S. The molecule has 1 unspecified atom stereocenters. The quantitative estimate of drug-likeness (QED) is 0.486. The van der Waals surface area contributed by atoms with E-state index in [4.69, 9.17) is 0 Å². The minimum absolute atomic E-state index is 0.129. The molecule has 0 saturated carbocycles. The summed E-state index contributed by atoms with van der Waals surface area (Å²) in [6.45, 7) is 5.23. The molecule has 1 aromatic rings. The van der Waals surface area contributed by atoms with Crippen molar-refractivity contribution in [2.75, 3.05) is 19.0 Å². The number of hydrogen-bond acceptors (Lipinski definition) is 4. The van der Waals surface area contributed by atoms with E-state index in [-0.39, 0.29) is 5.56 Å². The van der Waals surface area contributed by atoms with Crippen LogP contribution in [-0.4, -0.2) is 34.2 Å². The van der Waals surface area contributed by atoms with Gasteiger partial charge in [-0.2, -0.15) is 4.40 Å². The summed E-state index contributed by atoms with van der Waals surface area (Å²) in [6.07, 6.45) is 1.17. The number of nitro groups is 1. The minimum atomic E-state index is -1.55. The molecule has 0 saturated heterocycles. The molecule has 116 valence electrons. The van der Waals surface area contributed by atoms with Crippen LogP contribution in [0.2, 0.25) is 0 Å². The summed E-state index contributed by atoms with van der Waals surface area (Å²) in [4.78, 5) is 11.9. The molecule has 0 spiro atoms. The Morgan fingerprint density at radius 1 is 1.38 bits per heavy atom. The number of nitro benzene ring substituents is 1. The molecule has 6 nitrogen and oxygen atoms in total. The Hall–Kier alpha value is -1.83. The van der Waals surface area contributed by atoms with E-state index in [0.717, 1.165) is 6.07 Å². The van der Waals surface area contributed by atoms with Gasteiger partial charge in [-0.3, -0.25) is 10.1 Å². The van der Waals surface area contributed by atoms with Crippen LogP contribution in [0.4, 0.5) is 15.8 Å². The Labute approximate surface area is 125 Å². The Balaban J connectivity index is 3.42. The molecule has 1 aromatic carbocycles. The average molecular weight is 315 g/mol. The van der Waals surface area contributed by atoms with Crippen LogP contribution in [0.1, 0.15) is 26.3 Å². The maximum absolute atomic E-state index is 13.5. The Morgan fingerprint density at radius 2 is 1.95 bits per heavy atom. The number of nitrogens with zero attached hydrogens (tertiary/aromatic N) is 3. The van der Waals surface area contributed by atoms with Gasteiger partial charge in [0.25, 0.3) is 5.69 Å². The predicted molar refractivity (Wildman–Crippen MR) is 82.9 cm³/mol. The van der Waals surface area contributed by atoms with Crippen molar-refractivity contribution in [2.24, 2.45) is 4.40 Å². The molecule has 0 aliphatic heterocycles. The second-order valence-corrected chi connectivity index (χ2v) is 7.54. The van der Waals surface area contributed by atoms with E-state index in [1.807, 2.05) is 0 Å². The average Bonchev–Trinajstić information content (AvgIpc) is 2.34. The summed E-state index contributed by atoms with van der Waals surface area (Å²) in [6, 6.07) is 2.00. The Bertz CT molecular complexity index is 609. The van der Waals surface area contributed by atoms with Gasteiger partial charge in [0, 0.05) is 14.1 Å². The van der Waals surface area contributed by atoms with Gasteiger partial charge >= 0.3 is 0 Å². The first-order valence-electron chi connectivity index (χ1n) is 6.15. The highest BCUT2D eigenvalue weighted by Gasteiger charge is 2.22. The van der Waals surface area contributed by atoms with Crippen LogP contribution in [0.5, 0.6) is 0 Å². The maximum atomic E-state index is 13.5. The summed E-state index contributed by atoms with van der Waals surface area (Å²) in [5.41, 5.74) is 0.0220. The zero-order valence-corrected chi connectivity index (χ0v) is 13.4. The van der Waals surface area contributed by atoms with Gasteiger partial charge in [0.05, 0.1) is 33.2 Å². The highest BCUT2D eigenvalue weighted by atomic mass is 32.2. The lowest BCUT2D eigenvalue weighted by Gasteiger charge is -2.16. The van der Waals surface area contributed by atoms with Crippen LogP contribution in [-0.2, 0) is 11.0 Å². The molecule has 0 aromatic heterocycles. The molecule has 21 heavy (non-hydrogen) atoms. The summed E-state index contributed by atoms with van der Waals surface area (Å²) >= 11 is 0. The summed E-state index contributed by atoms with van der Waals surface area (Å²) in [7, 11) is 1.72. The molecule has 0 fully saturated rings. The lowest BCUT2D eigenvalue weighted by atomic mass is 10.1. The van der Waals surface area contributed by atoms with Crippen molar-refractivity contribution < 1.29 is 13.5 Å². The molecule has 0 radical (unpaired) electrons. The van der Waals surface area contributed by atoms with Gasteiger partial charge in [0.2, 0.25) is 0 Å². The van der Waals surface area contributed by atoms with Crippen molar-refractivity contribution in [3.05, 3.63) is 33.6 Å². The zero-order valence-electron chi connectivity index (χ0n) is 12.6.